The first-order valence-corrected chi connectivity index (χ1v) is 7.49. The van der Waals surface area contributed by atoms with Crippen molar-refractivity contribution in [2.75, 3.05) is 5.32 Å². The zero-order chi connectivity index (χ0) is 15.4. The van der Waals surface area contributed by atoms with Crippen molar-refractivity contribution in [2.45, 2.75) is 46.3 Å². The zero-order valence-electron chi connectivity index (χ0n) is 13.6. The van der Waals surface area contributed by atoms with E-state index >= 15 is 0 Å². The summed E-state index contributed by atoms with van der Waals surface area (Å²) in [6.45, 7) is 9.16. The van der Waals surface area contributed by atoms with Gasteiger partial charge in [-0.3, -0.25) is 4.68 Å². The fraction of sp³-hybridized carbons (Fsp3) is 0.471. The van der Waals surface area contributed by atoms with Gasteiger partial charge in [0.2, 0.25) is 0 Å². The number of nitrogens with zero attached hydrogens (tertiary/aromatic N) is 2. The van der Waals surface area contributed by atoms with Crippen LogP contribution in [0.5, 0.6) is 5.75 Å². The fourth-order valence-corrected chi connectivity index (χ4v) is 2.34. The summed E-state index contributed by atoms with van der Waals surface area (Å²) < 4.78 is 7.71. The smallest absolute Gasteiger partial charge is 0.142 e. The Morgan fingerprint density at radius 3 is 2.57 bits per heavy atom. The highest BCUT2D eigenvalue weighted by molar-refractivity contribution is 5.56. The molecule has 0 saturated heterocycles. The molecule has 0 radical (unpaired) electrons. The lowest BCUT2D eigenvalue weighted by Crippen LogP contribution is -2.09. The lowest BCUT2D eigenvalue weighted by Gasteiger charge is -2.15. The van der Waals surface area contributed by atoms with Crippen LogP contribution < -0.4 is 10.1 Å². The van der Waals surface area contributed by atoms with Crippen LogP contribution in [0.15, 0.2) is 30.5 Å². The molecule has 1 heterocycles. The van der Waals surface area contributed by atoms with Gasteiger partial charge in [0.25, 0.3) is 0 Å². The number of nitrogens with one attached hydrogen (secondary N) is 1. The van der Waals surface area contributed by atoms with Crippen LogP contribution in [0.1, 0.15) is 44.9 Å². The number of hydrogen-bond donors (Lipinski definition) is 1. The van der Waals surface area contributed by atoms with Crippen molar-refractivity contribution in [1.82, 2.24) is 9.78 Å². The first kappa shape index (κ1) is 15.4. The van der Waals surface area contributed by atoms with Gasteiger partial charge in [0.15, 0.2) is 0 Å². The van der Waals surface area contributed by atoms with E-state index in [4.69, 9.17) is 4.74 Å². The highest BCUT2D eigenvalue weighted by atomic mass is 16.5. The van der Waals surface area contributed by atoms with Gasteiger partial charge in [-0.25, -0.2) is 0 Å². The first-order chi connectivity index (χ1) is 9.97. The van der Waals surface area contributed by atoms with Gasteiger partial charge in [-0.05, 0) is 31.9 Å². The van der Waals surface area contributed by atoms with Crippen molar-refractivity contribution in [3.8, 4) is 5.75 Å². The number of aryl methyl sites for hydroxylation is 1. The molecule has 0 fully saturated rings. The van der Waals surface area contributed by atoms with Crippen molar-refractivity contribution >= 4 is 5.69 Å². The number of ether oxygens (including phenoxy) is 1. The zero-order valence-corrected chi connectivity index (χ0v) is 13.6. The third-order valence-corrected chi connectivity index (χ3v) is 3.20. The van der Waals surface area contributed by atoms with Crippen molar-refractivity contribution in [1.29, 1.82) is 0 Å². The summed E-state index contributed by atoms with van der Waals surface area (Å²) in [6.07, 6.45) is 2.24. The third-order valence-electron chi connectivity index (χ3n) is 3.20. The molecule has 1 aromatic heterocycles. The standard InChI is InChI=1S/C17H25N3O/c1-12(2)17-14(11-20(5)19-17)10-18-15-8-6-7-9-16(15)21-13(3)4/h6-9,11-13,18H,10H2,1-5H3. The molecule has 4 heteroatoms. The van der Waals surface area contributed by atoms with Gasteiger partial charge in [-0.1, -0.05) is 26.0 Å². The second kappa shape index (κ2) is 6.66. The average Bonchev–Trinajstić information content (AvgIpc) is 2.78. The maximum atomic E-state index is 5.83. The Morgan fingerprint density at radius 2 is 1.90 bits per heavy atom. The molecule has 0 aliphatic heterocycles. The minimum atomic E-state index is 0.164. The Labute approximate surface area is 127 Å². The number of para-hydroxylation sites is 2. The third kappa shape index (κ3) is 4.00. The van der Waals surface area contributed by atoms with Gasteiger partial charge in [-0.2, -0.15) is 5.10 Å². The molecule has 0 atom stereocenters. The Hall–Kier alpha value is -1.97. The molecule has 2 aromatic rings. The van der Waals surface area contributed by atoms with Gasteiger partial charge in [0, 0.05) is 25.4 Å². The van der Waals surface area contributed by atoms with Crippen LogP contribution in [-0.4, -0.2) is 15.9 Å². The molecule has 2 rings (SSSR count). The molecule has 0 saturated carbocycles. The summed E-state index contributed by atoms with van der Waals surface area (Å²) in [7, 11) is 1.96. The van der Waals surface area contributed by atoms with Crippen molar-refractivity contribution in [2.24, 2.45) is 7.05 Å². The number of hydrogen-bond acceptors (Lipinski definition) is 3. The molecule has 0 amide bonds. The number of benzene rings is 1. The molecule has 0 unspecified atom stereocenters. The highest BCUT2D eigenvalue weighted by Gasteiger charge is 2.12. The molecular weight excluding hydrogens is 262 g/mol. The Balaban J connectivity index is 2.13. The van der Waals surface area contributed by atoms with Crippen LogP contribution in [0.3, 0.4) is 0 Å². The SMILES string of the molecule is CC(C)Oc1ccccc1NCc1cn(C)nc1C(C)C. The number of anilines is 1. The molecule has 1 N–H and O–H groups in total. The van der Waals surface area contributed by atoms with Gasteiger partial charge >= 0.3 is 0 Å². The van der Waals surface area contributed by atoms with E-state index in [0.717, 1.165) is 23.7 Å². The maximum absolute atomic E-state index is 5.83. The molecule has 0 aliphatic rings. The van der Waals surface area contributed by atoms with Crippen molar-refractivity contribution in [3.05, 3.63) is 41.7 Å². The normalized spacial score (nSPS) is 11.2. The maximum Gasteiger partial charge on any atom is 0.142 e. The summed E-state index contributed by atoms with van der Waals surface area (Å²) in [5.74, 6) is 1.31. The molecule has 21 heavy (non-hydrogen) atoms. The highest BCUT2D eigenvalue weighted by Crippen LogP contribution is 2.26. The van der Waals surface area contributed by atoms with Crippen LogP contribution in [0.25, 0.3) is 0 Å². The van der Waals surface area contributed by atoms with E-state index < -0.39 is 0 Å². The summed E-state index contributed by atoms with van der Waals surface area (Å²) in [5, 5.41) is 8.00. The predicted octanol–water partition coefficient (Wildman–Crippen LogP) is 3.94. The summed E-state index contributed by atoms with van der Waals surface area (Å²) in [4.78, 5) is 0. The molecule has 114 valence electrons. The van der Waals surface area contributed by atoms with Gasteiger partial charge in [-0.15, -0.1) is 0 Å². The lowest BCUT2D eigenvalue weighted by atomic mass is 10.1. The summed E-state index contributed by atoms with van der Waals surface area (Å²) in [5.41, 5.74) is 3.39. The molecule has 0 spiro atoms. The van der Waals surface area contributed by atoms with Gasteiger partial charge in [0.1, 0.15) is 5.75 Å². The molecule has 0 aliphatic carbocycles. The summed E-state index contributed by atoms with van der Waals surface area (Å²) >= 11 is 0. The van der Waals surface area contributed by atoms with E-state index in [1.54, 1.807) is 0 Å². The van der Waals surface area contributed by atoms with Crippen LogP contribution in [0, 0.1) is 0 Å². The first-order valence-electron chi connectivity index (χ1n) is 7.49. The van der Waals surface area contributed by atoms with E-state index in [0.29, 0.717) is 5.92 Å². The van der Waals surface area contributed by atoms with E-state index in [-0.39, 0.29) is 6.10 Å². The monoisotopic (exact) mass is 287 g/mol. The fourth-order valence-electron chi connectivity index (χ4n) is 2.34. The van der Waals surface area contributed by atoms with Gasteiger partial charge < -0.3 is 10.1 Å². The van der Waals surface area contributed by atoms with Crippen LogP contribution >= 0.6 is 0 Å². The minimum absolute atomic E-state index is 0.164. The number of aromatic nitrogens is 2. The van der Waals surface area contributed by atoms with E-state index in [1.807, 2.05) is 49.8 Å². The second-order valence-electron chi connectivity index (χ2n) is 5.88. The second-order valence-corrected chi connectivity index (χ2v) is 5.88. The van der Waals surface area contributed by atoms with Gasteiger partial charge in [0.05, 0.1) is 17.5 Å². The lowest BCUT2D eigenvalue weighted by molar-refractivity contribution is 0.243. The number of rotatable bonds is 6. The van der Waals surface area contributed by atoms with E-state index in [1.165, 1.54) is 5.56 Å². The van der Waals surface area contributed by atoms with Crippen LogP contribution in [0.4, 0.5) is 5.69 Å². The Morgan fingerprint density at radius 1 is 1.19 bits per heavy atom. The molecule has 1 aromatic carbocycles. The molecule has 4 nitrogen and oxygen atoms in total. The average molecular weight is 287 g/mol. The summed E-state index contributed by atoms with van der Waals surface area (Å²) in [6, 6.07) is 8.05. The minimum Gasteiger partial charge on any atom is -0.489 e. The van der Waals surface area contributed by atoms with Crippen molar-refractivity contribution in [3.63, 3.8) is 0 Å². The van der Waals surface area contributed by atoms with Crippen LogP contribution in [-0.2, 0) is 13.6 Å². The Kier molecular flexibility index (Phi) is 4.89. The van der Waals surface area contributed by atoms with Crippen molar-refractivity contribution < 1.29 is 4.74 Å². The van der Waals surface area contributed by atoms with Crippen LogP contribution in [0.2, 0.25) is 0 Å². The predicted molar refractivity (Wildman–Crippen MR) is 86.8 cm³/mol. The molecule has 0 bridgehead atoms. The van der Waals surface area contributed by atoms with E-state index in [9.17, 15) is 0 Å². The topological polar surface area (TPSA) is 39.1 Å². The largest absolute Gasteiger partial charge is 0.489 e. The molecular formula is C17H25N3O. The Bertz CT molecular complexity index is 587. The van der Waals surface area contributed by atoms with E-state index in [2.05, 4.69) is 30.5 Å². The quantitative estimate of drug-likeness (QED) is 0.874.